The smallest absolute Gasteiger partial charge is 0.0352 e. The topological polar surface area (TPSA) is 0 Å². The minimum Gasteiger partial charge on any atom is -0.0499 e. The van der Waals surface area contributed by atoms with Crippen molar-refractivity contribution in [2.75, 3.05) is 0 Å². The second-order valence-corrected chi connectivity index (χ2v) is 3.34. The fourth-order valence-electron chi connectivity index (χ4n) is 2.22. The third-order valence-corrected chi connectivity index (χ3v) is 2.79. The Bertz CT molecular complexity index is 84.2. The van der Waals surface area contributed by atoms with Gasteiger partial charge in [-0.05, 0) is 56.8 Å². The molecule has 0 N–H and O–H groups in total. The van der Waals surface area contributed by atoms with E-state index in [-0.39, 0.29) is 0 Å². The van der Waals surface area contributed by atoms with Crippen LogP contribution < -0.4 is 0 Å². The van der Waals surface area contributed by atoms with E-state index in [1.54, 1.807) is 0 Å². The van der Waals surface area contributed by atoms with Crippen LogP contribution in [0.15, 0.2) is 0 Å². The zero-order chi connectivity index (χ0) is 6.10. The SMILES string of the molecule is [CH]1CCC2CC[CH]C2C1. The first-order valence-electron chi connectivity index (χ1n) is 4.12. The summed E-state index contributed by atoms with van der Waals surface area (Å²) in [5.74, 6) is 2.06. The van der Waals surface area contributed by atoms with E-state index in [9.17, 15) is 0 Å². The maximum Gasteiger partial charge on any atom is -0.0352 e. The van der Waals surface area contributed by atoms with Gasteiger partial charge in [0.15, 0.2) is 0 Å². The zero-order valence-electron chi connectivity index (χ0n) is 5.84. The highest BCUT2D eigenvalue weighted by Gasteiger charge is 2.29. The molecule has 2 unspecified atom stereocenters. The summed E-state index contributed by atoms with van der Waals surface area (Å²) in [5, 5.41) is 0. The van der Waals surface area contributed by atoms with Crippen molar-refractivity contribution in [1.29, 1.82) is 0 Å². The van der Waals surface area contributed by atoms with E-state index in [0.717, 1.165) is 11.8 Å². The average molecular weight is 122 g/mol. The molecule has 2 aliphatic carbocycles. The van der Waals surface area contributed by atoms with Crippen LogP contribution in [0.4, 0.5) is 0 Å². The van der Waals surface area contributed by atoms with Gasteiger partial charge in [0.2, 0.25) is 0 Å². The van der Waals surface area contributed by atoms with Gasteiger partial charge in [-0.3, -0.25) is 0 Å². The normalized spacial score (nSPS) is 42.7. The second-order valence-electron chi connectivity index (χ2n) is 3.34. The van der Waals surface area contributed by atoms with Gasteiger partial charge < -0.3 is 0 Å². The van der Waals surface area contributed by atoms with Crippen molar-refractivity contribution in [1.82, 2.24) is 0 Å². The Morgan fingerprint density at radius 3 is 2.89 bits per heavy atom. The third kappa shape index (κ3) is 0.997. The van der Waals surface area contributed by atoms with Crippen molar-refractivity contribution in [3.05, 3.63) is 12.8 Å². The number of fused-ring (bicyclic) bond motifs is 1. The second kappa shape index (κ2) is 2.32. The minimum atomic E-state index is 0.985. The maximum absolute atomic E-state index is 2.53. The third-order valence-electron chi connectivity index (χ3n) is 2.79. The fraction of sp³-hybridized carbons (Fsp3) is 0.778. The van der Waals surface area contributed by atoms with E-state index < -0.39 is 0 Å². The summed E-state index contributed by atoms with van der Waals surface area (Å²) in [4.78, 5) is 0. The van der Waals surface area contributed by atoms with Gasteiger partial charge in [0.05, 0.1) is 0 Å². The molecule has 0 aromatic heterocycles. The van der Waals surface area contributed by atoms with Crippen LogP contribution in [0.5, 0.6) is 0 Å². The Balaban J connectivity index is 1.97. The predicted molar refractivity (Wildman–Crippen MR) is 38.7 cm³/mol. The summed E-state index contributed by atoms with van der Waals surface area (Å²) >= 11 is 0. The molecule has 0 amide bonds. The quantitative estimate of drug-likeness (QED) is 0.463. The molecule has 0 heterocycles. The van der Waals surface area contributed by atoms with E-state index in [1.165, 1.54) is 32.1 Å². The van der Waals surface area contributed by atoms with Gasteiger partial charge in [-0.1, -0.05) is 0 Å². The van der Waals surface area contributed by atoms with Gasteiger partial charge >= 0.3 is 0 Å². The van der Waals surface area contributed by atoms with Crippen LogP contribution in [0.3, 0.4) is 0 Å². The average Bonchev–Trinajstić information content (AvgIpc) is 2.33. The molecular weight excluding hydrogens is 108 g/mol. The number of rotatable bonds is 0. The van der Waals surface area contributed by atoms with Crippen molar-refractivity contribution in [2.24, 2.45) is 11.8 Å². The van der Waals surface area contributed by atoms with Gasteiger partial charge in [-0.2, -0.15) is 0 Å². The molecule has 2 aliphatic rings. The Morgan fingerprint density at radius 1 is 1.11 bits per heavy atom. The van der Waals surface area contributed by atoms with E-state index in [1.807, 2.05) is 0 Å². The van der Waals surface area contributed by atoms with Crippen LogP contribution in [0, 0.1) is 24.7 Å². The van der Waals surface area contributed by atoms with Crippen molar-refractivity contribution in [2.45, 2.75) is 32.1 Å². The molecule has 2 fully saturated rings. The van der Waals surface area contributed by atoms with Crippen LogP contribution in [0.25, 0.3) is 0 Å². The van der Waals surface area contributed by atoms with Gasteiger partial charge in [0.25, 0.3) is 0 Å². The predicted octanol–water partition coefficient (Wildman–Crippen LogP) is 2.61. The lowest BCUT2D eigenvalue weighted by Gasteiger charge is -2.23. The maximum atomic E-state index is 2.53. The first kappa shape index (κ1) is 5.76. The molecular formula is C9H14. The molecule has 2 rings (SSSR count). The van der Waals surface area contributed by atoms with Crippen molar-refractivity contribution in [3.8, 4) is 0 Å². The molecule has 9 heavy (non-hydrogen) atoms. The van der Waals surface area contributed by atoms with Gasteiger partial charge in [0.1, 0.15) is 0 Å². The molecule has 0 nitrogen and oxygen atoms in total. The summed E-state index contributed by atoms with van der Waals surface area (Å²) in [7, 11) is 0. The molecule has 2 radical (unpaired) electrons. The highest BCUT2D eigenvalue weighted by molar-refractivity contribution is 4.96. The van der Waals surface area contributed by atoms with Crippen LogP contribution in [0.2, 0.25) is 0 Å². The summed E-state index contributed by atoms with van der Waals surface area (Å²) < 4.78 is 0. The molecule has 0 heteroatoms. The van der Waals surface area contributed by atoms with Crippen molar-refractivity contribution < 1.29 is 0 Å². The first-order chi connectivity index (χ1) is 4.47. The van der Waals surface area contributed by atoms with Crippen LogP contribution >= 0.6 is 0 Å². The summed E-state index contributed by atoms with van der Waals surface area (Å²) in [6.45, 7) is 0. The molecule has 0 aliphatic heterocycles. The number of hydrogen-bond donors (Lipinski definition) is 0. The number of hydrogen-bond acceptors (Lipinski definition) is 0. The standard InChI is InChI=1S/C9H14/c1-2-5-9-7-3-6-8(9)4-1/h1,6,8-9H,2-5,7H2. The Labute approximate surface area is 57.6 Å². The Hall–Kier alpha value is 0. The fourth-order valence-corrected chi connectivity index (χ4v) is 2.22. The molecule has 2 saturated carbocycles. The molecule has 2 atom stereocenters. The van der Waals surface area contributed by atoms with Gasteiger partial charge in [0, 0.05) is 0 Å². The Morgan fingerprint density at radius 2 is 2.00 bits per heavy atom. The lowest BCUT2D eigenvalue weighted by Crippen LogP contribution is -2.13. The highest BCUT2D eigenvalue weighted by Crippen LogP contribution is 2.40. The zero-order valence-corrected chi connectivity index (χ0v) is 5.84. The molecule has 0 aromatic carbocycles. The molecule has 0 spiro atoms. The van der Waals surface area contributed by atoms with Crippen molar-refractivity contribution >= 4 is 0 Å². The summed E-state index contributed by atoms with van der Waals surface area (Å²) in [5.41, 5.74) is 0. The molecule has 0 bridgehead atoms. The van der Waals surface area contributed by atoms with Gasteiger partial charge in [-0.25, -0.2) is 0 Å². The van der Waals surface area contributed by atoms with Crippen LogP contribution in [0.1, 0.15) is 32.1 Å². The van der Waals surface area contributed by atoms with E-state index >= 15 is 0 Å². The molecule has 0 saturated heterocycles. The van der Waals surface area contributed by atoms with E-state index in [0.29, 0.717) is 0 Å². The lowest BCUT2D eigenvalue weighted by atomic mass is 9.82. The van der Waals surface area contributed by atoms with Gasteiger partial charge in [-0.15, -0.1) is 0 Å². The van der Waals surface area contributed by atoms with E-state index in [2.05, 4.69) is 12.8 Å². The monoisotopic (exact) mass is 122 g/mol. The highest BCUT2D eigenvalue weighted by atomic mass is 14.3. The largest absolute Gasteiger partial charge is 0.0499 e. The van der Waals surface area contributed by atoms with Crippen molar-refractivity contribution in [3.63, 3.8) is 0 Å². The lowest BCUT2D eigenvalue weighted by molar-refractivity contribution is 0.345. The van der Waals surface area contributed by atoms with Crippen LogP contribution in [-0.4, -0.2) is 0 Å². The summed E-state index contributed by atoms with van der Waals surface area (Å²) in [6, 6.07) is 0. The van der Waals surface area contributed by atoms with Crippen LogP contribution in [-0.2, 0) is 0 Å². The first-order valence-corrected chi connectivity index (χ1v) is 4.12. The Kier molecular flexibility index (Phi) is 1.48. The molecule has 50 valence electrons. The van der Waals surface area contributed by atoms with E-state index in [4.69, 9.17) is 0 Å². The minimum absolute atomic E-state index is 0.985. The molecule has 0 aromatic rings. The summed E-state index contributed by atoms with van der Waals surface area (Å²) in [6.07, 6.45) is 12.1.